The molecule has 1 fully saturated rings. The van der Waals surface area contributed by atoms with Gasteiger partial charge in [0, 0.05) is 12.6 Å². The van der Waals surface area contributed by atoms with Gasteiger partial charge in [-0.25, -0.2) is 4.79 Å². The first-order chi connectivity index (χ1) is 9.08. The van der Waals surface area contributed by atoms with Crippen LogP contribution in [0, 0.1) is 0 Å². The van der Waals surface area contributed by atoms with Gasteiger partial charge in [0.25, 0.3) is 0 Å². The molecule has 1 aromatic rings. The molecule has 19 heavy (non-hydrogen) atoms. The van der Waals surface area contributed by atoms with Crippen molar-refractivity contribution in [3.05, 3.63) is 35.4 Å². The summed E-state index contributed by atoms with van der Waals surface area (Å²) in [7, 11) is 4.25. The first-order valence-electron chi connectivity index (χ1n) is 6.78. The zero-order chi connectivity index (χ0) is 13.8. The van der Waals surface area contributed by atoms with Gasteiger partial charge in [-0.05, 0) is 51.7 Å². The third-order valence-electron chi connectivity index (χ3n) is 3.93. The number of carboxylic acids is 1. The third-order valence-corrected chi connectivity index (χ3v) is 3.93. The summed E-state index contributed by atoms with van der Waals surface area (Å²) in [4.78, 5) is 15.8. The van der Waals surface area contributed by atoms with E-state index in [-0.39, 0.29) is 0 Å². The van der Waals surface area contributed by atoms with Crippen LogP contribution in [0.4, 0.5) is 0 Å². The Bertz CT molecular complexity index is 438. The van der Waals surface area contributed by atoms with Crippen LogP contribution in [-0.2, 0) is 6.54 Å². The minimum absolute atomic E-state index is 0.428. The predicted molar refractivity (Wildman–Crippen MR) is 75.4 cm³/mol. The Balaban J connectivity index is 1.98. The van der Waals surface area contributed by atoms with E-state index in [4.69, 9.17) is 0 Å². The van der Waals surface area contributed by atoms with E-state index >= 15 is 0 Å². The molecular weight excluding hydrogens is 240 g/mol. The molecule has 0 saturated carbocycles. The lowest BCUT2D eigenvalue weighted by molar-refractivity contribution is 0.0693. The minimum atomic E-state index is -0.834. The molecule has 0 aliphatic carbocycles. The molecule has 1 N–H and O–H groups in total. The molecule has 0 amide bonds. The summed E-state index contributed by atoms with van der Waals surface area (Å²) in [5, 5.41) is 9.18. The van der Waals surface area contributed by atoms with Crippen molar-refractivity contribution in [2.45, 2.75) is 25.4 Å². The highest BCUT2D eigenvalue weighted by Gasteiger charge is 2.21. The Morgan fingerprint density at radius 2 is 1.95 bits per heavy atom. The normalized spacial score (nSPS) is 17.8. The highest BCUT2D eigenvalue weighted by molar-refractivity contribution is 5.89. The average molecular weight is 262 g/mol. The molecule has 2 rings (SSSR count). The van der Waals surface area contributed by atoms with Crippen molar-refractivity contribution in [1.82, 2.24) is 9.80 Å². The maximum atomic E-state index is 11.2. The maximum absolute atomic E-state index is 11.2. The van der Waals surface area contributed by atoms with E-state index in [1.54, 1.807) is 12.1 Å². The summed E-state index contributed by atoms with van der Waals surface area (Å²) in [6, 6.07) is 7.96. The van der Waals surface area contributed by atoms with E-state index in [0.29, 0.717) is 11.6 Å². The molecule has 1 heterocycles. The second-order valence-electron chi connectivity index (χ2n) is 5.43. The molecule has 1 aromatic carbocycles. The molecule has 4 heteroatoms. The fourth-order valence-electron chi connectivity index (χ4n) is 2.70. The summed E-state index contributed by atoms with van der Waals surface area (Å²) in [5.41, 5.74) is 1.34. The van der Waals surface area contributed by atoms with Crippen molar-refractivity contribution in [3.63, 3.8) is 0 Å². The SMILES string of the molecule is CN(C)C1CCN(Cc2ccccc2C(=O)O)CC1. The van der Waals surface area contributed by atoms with E-state index in [1.165, 1.54) is 0 Å². The van der Waals surface area contributed by atoms with Crippen LogP contribution < -0.4 is 0 Å². The zero-order valence-electron chi connectivity index (χ0n) is 11.7. The number of likely N-dealkylation sites (tertiary alicyclic amines) is 1. The number of nitrogens with zero attached hydrogens (tertiary/aromatic N) is 2. The number of hydrogen-bond donors (Lipinski definition) is 1. The lowest BCUT2D eigenvalue weighted by Gasteiger charge is -2.35. The van der Waals surface area contributed by atoms with Crippen LogP contribution in [0.2, 0.25) is 0 Å². The van der Waals surface area contributed by atoms with Crippen molar-refractivity contribution in [1.29, 1.82) is 0 Å². The number of rotatable bonds is 4. The second-order valence-corrected chi connectivity index (χ2v) is 5.43. The largest absolute Gasteiger partial charge is 0.478 e. The second kappa shape index (κ2) is 6.17. The van der Waals surface area contributed by atoms with Crippen molar-refractivity contribution in [3.8, 4) is 0 Å². The van der Waals surface area contributed by atoms with Crippen molar-refractivity contribution < 1.29 is 9.90 Å². The molecule has 4 nitrogen and oxygen atoms in total. The molecule has 1 saturated heterocycles. The summed E-state index contributed by atoms with van der Waals surface area (Å²) in [6.45, 7) is 2.82. The number of benzene rings is 1. The zero-order valence-corrected chi connectivity index (χ0v) is 11.7. The Labute approximate surface area is 114 Å². The smallest absolute Gasteiger partial charge is 0.336 e. The Hall–Kier alpha value is -1.39. The summed E-state index contributed by atoms with van der Waals surface area (Å²) in [5.74, 6) is -0.834. The van der Waals surface area contributed by atoms with Crippen LogP contribution >= 0.6 is 0 Å². The highest BCUT2D eigenvalue weighted by atomic mass is 16.4. The quantitative estimate of drug-likeness (QED) is 0.900. The summed E-state index contributed by atoms with van der Waals surface area (Å²) in [6.07, 6.45) is 2.31. The summed E-state index contributed by atoms with van der Waals surface area (Å²) >= 11 is 0. The van der Waals surface area contributed by atoms with Crippen molar-refractivity contribution >= 4 is 5.97 Å². The van der Waals surface area contributed by atoms with E-state index < -0.39 is 5.97 Å². The lowest BCUT2D eigenvalue weighted by Crippen LogP contribution is -2.41. The van der Waals surface area contributed by atoms with Gasteiger partial charge in [0.2, 0.25) is 0 Å². The Morgan fingerprint density at radius 1 is 1.32 bits per heavy atom. The maximum Gasteiger partial charge on any atom is 0.336 e. The molecule has 0 unspecified atom stereocenters. The van der Waals surface area contributed by atoms with Gasteiger partial charge in [-0.15, -0.1) is 0 Å². The van der Waals surface area contributed by atoms with Crippen LogP contribution in [0.5, 0.6) is 0 Å². The molecule has 0 bridgehead atoms. The van der Waals surface area contributed by atoms with Gasteiger partial charge >= 0.3 is 5.97 Å². The van der Waals surface area contributed by atoms with Gasteiger partial charge < -0.3 is 10.0 Å². The van der Waals surface area contributed by atoms with E-state index in [0.717, 1.165) is 38.0 Å². The monoisotopic (exact) mass is 262 g/mol. The first kappa shape index (κ1) is 14.0. The number of carbonyl (C=O) groups is 1. The summed E-state index contributed by atoms with van der Waals surface area (Å²) < 4.78 is 0. The van der Waals surface area contributed by atoms with Gasteiger partial charge in [0.1, 0.15) is 0 Å². The molecule has 0 aromatic heterocycles. The van der Waals surface area contributed by atoms with Crippen LogP contribution in [0.15, 0.2) is 24.3 Å². The van der Waals surface area contributed by atoms with Gasteiger partial charge in [-0.2, -0.15) is 0 Å². The number of piperidine rings is 1. The van der Waals surface area contributed by atoms with E-state index in [1.807, 2.05) is 12.1 Å². The minimum Gasteiger partial charge on any atom is -0.478 e. The Kier molecular flexibility index (Phi) is 4.56. The third kappa shape index (κ3) is 3.55. The fourth-order valence-corrected chi connectivity index (χ4v) is 2.70. The molecule has 1 aliphatic rings. The van der Waals surface area contributed by atoms with E-state index in [2.05, 4.69) is 23.9 Å². The van der Waals surface area contributed by atoms with Crippen LogP contribution in [0.3, 0.4) is 0 Å². The molecule has 0 spiro atoms. The number of aromatic carboxylic acids is 1. The van der Waals surface area contributed by atoms with E-state index in [9.17, 15) is 9.90 Å². The fraction of sp³-hybridized carbons (Fsp3) is 0.533. The highest BCUT2D eigenvalue weighted by Crippen LogP contribution is 2.18. The average Bonchev–Trinajstić information content (AvgIpc) is 2.39. The Morgan fingerprint density at radius 3 is 2.53 bits per heavy atom. The molecule has 1 aliphatic heterocycles. The topological polar surface area (TPSA) is 43.8 Å². The lowest BCUT2D eigenvalue weighted by atomic mass is 10.0. The van der Waals surface area contributed by atoms with Crippen LogP contribution in [0.1, 0.15) is 28.8 Å². The van der Waals surface area contributed by atoms with Gasteiger partial charge in [-0.1, -0.05) is 18.2 Å². The molecule has 0 atom stereocenters. The molecular formula is C15H22N2O2. The van der Waals surface area contributed by atoms with Crippen molar-refractivity contribution in [2.75, 3.05) is 27.2 Å². The predicted octanol–water partition coefficient (Wildman–Crippen LogP) is 1.91. The van der Waals surface area contributed by atoms with Gasteiger partial charge in [0.05, 0.1) is 5.56 Å². The first-order valence-corrected chi connectivity index (χ1v) is 6.78. The number of hydrogen-bond acceptors (Lipinski definition) is 3. The molecule has 104 valence electrons. The van der Waals surface area contributed by atoms with Gasteiger partial charge in [-0.3, -0.25) is 4.90 Å². The van der Waals surface area contributed by atoms with Gasteiger partial charge in [0.15, 0.2) is 0 Å². The van der Waals surface area contributed by atoms with Crippen molar-refractivity contribution in [2.24, 2.45) is 0 Å². The number of carboxylic acid groups (broad SMARTS) is 1. The standard InChI is InChI=1S/C15H22N2O2/c1-16(2)13-7-9-17(10-8-13)11-12-5-3-4-6-14(12)15(18)19/h3-6,13H,7-11H2,1-2H3,(H,18,19). The van der Waals surface area contributed by atoms with Crippen LogP contribution in [0.25, 0.3) is 0 Å². The molecule has 0 radical (unpaired) electrons. The van der Waals surface area contributed by atoms with Crippen LogP contribution in [-0.4, -0.2) is 54.1 Å².